The van der Waals surface area contributed by atoms with Gasteiger partial charge in [-0.15, -0.1) is 0 Å². The molecule has 7 nitrogen and oxygen atoms in total. The Morgan fingerprint density at radius 2 is 1.96 bits per heavy atom. The van der Waals surface area contributed by atoms with Gasteiger partial charge in [0.25, 0.3) is 5.91 Å². The molecule has 4 amide bonds. The molecular weight excluding hydrogens is 380 g/mol. The van der Waals surface area contributed by atoms with Crippen LogP contribution in [0.2, 0.25) is 5.02 Å². The third-order valence-corrected chi connectivity index (χ3v) is 4.78. The molecule has 1 aliphatic heterocycles. The highest BCUT2D eigenvalue weighted by Gasteiger charge is 2.49. The lowest BCUT2D eigenvalue weighted by Crippen LogP contribution is -2.43. The second-order valence-electron chi connectivity index (χ2n) is 6.54. The van der Waals surface area contributed by atoms with Crippen molar-refractivity contribution in [3.8, 4) is 6.07 Å². The second-order valence-corrected chi connectivity index (χ2v) is 6.98. The van der Waals surface area contributed by atoms with Gasteiger partial charge in [-0.25, -0.2) is 4.79 Å². The number of nitrogens with one attached hydrogen (secondary N) is 2. The number of carbonyl (C=O) groups is 3. The normalized spacial score (nSPS) is 18.5. The van der Waals surface area contributed by atoms with E-state index in [1.807, 2.05) is 12.1 Å². The third-order valence-electron chi connectivity index (χ3n) is 4.55. The Morgan fingerprint density at radius 3 is 2.61 bits per heavy atom. The molecule has 1 atom stereocenters. The number of amides is 4. The number of rotatable bonds is 5. The van der Waals surface area contributed by atoms with Crippen LogP contribution in [0.25, 0.3) is 0 Å². The summed E-state index contributed by atoms with van der Waals surface area (Å²) in [5.74, 6) is -0.993. The van der Waals surface area contributed by atoms with Crippen molar-refractivity contribution in [1.82, 2.24) is 15.5 Å². The van der Waals surface area contributed by atoms with E-state index in [0.717, 1.165) is 10.5 Å². The summed E-state index contributed by atoms with van der Waals surface area (Å²) in [5.41, 5.74) is 0.492. The predicted molar refractivity (Wildman–Crippen MR) is 102 cm³/mol. The highest BCUT2D eigenvalue weighted by molar-refractivity contribution is 6.30. The molecule has 0 aliphatic carbocycles. The van der Waals surface area contributed by atoms with Gasteiger partial charge in [-0.1, -0.05) is 35.9 Å². The van der Waals surface area contributed by atoms with Crippen LogP contribution >= 0.6 is 11.6 Å². The number of imide groups is 1. The van der Waals surface area contributed by atoms with Gasteiger partial charge in [0.15, 0.2) is 0 Å². The van der Waals surface area contributed by atoms with E-state index in [-0.39, 0.29) is 6.54 Å². The summed E-state index contributed by atoms with van der Waals surface area (Å²) < 4.78 is 0. The Morgan fingerprint density at radius 1 is 1.25 bits per heavy atom. The Labute approximate surface area is 166 Å². The summed E-state index contributed by atoms with van der Waals surface area (Å²) in [6, 6.07) is 14.7. The molecule has 1 saturated heterocycles. The van der Waals surface area contributed by atoms with E-state index in [1.165, 1.54) is 0 Å². The van der Waals surface area contributed by atoms with Gasteiger partial charge in [-0.3, -0.25) is 14.5 Å². The van der Waals surface area contributed by atoms with Crippen LogP contribution in [-0.4, -0.2) is 29.3 Å². The Kier molecular flexibility index (Phi) is 5.34. The average Bonchev–Trinajstić information content (AvgIpc) is 2.90. The molecule has 0 aromatic heterocycles. The summed E-state index contributed by atoms with van der Waals surface area (Å²) in [7, 11) is 0. The van der Waals surface area contributed by atoms with Crippen molar-refractivity contribution in [3.05, 3.63) is 70.2 Å². The van der Waals surface area contributed by atoms with E-state index in [9.17, 15) is 14.4 Å². The quantitative estimate of drug-likeness (QED) is 0.757. The molecule has 0 radical (unpaired) electrons. The summed E-state index contributed by atoms with van der Waals surface area (Å²) in [6.45, 7) is 1.41. The molecule has 8 heteroatoms. The van der Waals surface area contributed by atoms with Crippen molar-refractivity contribution in [2.45, 2.75) is 19.0 Å². The van der Waals surface area contributed by atoms with Gasteiger partial charge in [0.2, 0.25) is 5.91 Å². The van der Waals surface area contributed by atoms with Crippen LogP contribution in [-0.2, 0) is 21.7 Å². The minimum Gasteiger partial charge on any atom is -0.350 e. The third kappa shape index (κ3) is 3.82. The van der Waals surface area contributed by atoms with Crippen molar-refractivity contribution in [3.63, 3.8) is 0 Å². The maximum Gasteiger partial charge on any atom is 0.325 e. The lowest BCUT2D eigenvalue weighted by atomic mass is 9.91. The Balaban J connectivity index is 1.67. The topological polar surface area (TPSA) is 102 Å². The number of nitriles is 1. The first kappa shape index (κ1) is 19.4. The standard InChI is InChI=1S/C20H17ClN4O3/c1-20(15-7-5-13(10-22)6-8-15)18(27)25(19(28)24-20)12-17(26)23-11-14-3-2-4-16(21)9-14/h2-9H,11-12H2,1H3,(H,23,26)(H,24,28). The molecular formula is C20H17ClN4O3. The zero-order valence-electron chi connectivity index (χ0n) is 15.0. The molecule has 1 unspecified atom stereocenters. The molecule has 2 aromatic rings. The number of urea groups is 1. The second kappa shape index (κ2) is 7.71. The van der Waals surface area contributed by atoms with E-state index in [0.29, 0.717) is 16.1 Å². The van der Waals surface area contributed by atoms with Crippen LogP contribution in [0.15, 0.2) is 48.5 Å². The van der Waals surface area contributed by atoms with Crippen LogP contribution in [0, 0.1) is 11.3 Å². The van der Waals surface area contributed by atoms with Gasteiger partial charge in [-0.05, 0) is 42.3 Å². The fraction of sp³-hybridized carbons (Fsp3) is 0.200. The largest absolute Gasteiger partial charge is 0.350 e. The predicted octanol–water partition coefficient (Wildman–Crippen LogP) is 2.30. The number of carbonyl (C=O) groups excluding carboxylic acids is 3. The maximum atomic E-state index is 12.8. The molecule has 28 heavy (non-hydrogen) atoms. The fourth-order valence-electron chi connectivity index (χ4n) is 2.96. The molecule has 2 aromatic carbocycles. The molecule has 1 fully saturated rings. The molecule has 142 valence electrons. The molecule has 2 N–H and O–H groups in total. The molecule has 0 bridgehead atoms. The molecule has 0 spiro atoms. The summed E-state index contributed by atoms with van der Waals surface area (Å²) in [6.07, 6.45) is 0. The van der Waals surface area contributed by atoms with Crippen molar-refractivity contribution >= 4 is 29.4 Å². The van der Waals surface area contributed by atoms with Gasteiger partial charge < -0.3 is 10.6 Å². The zero-order chi connectivity index (χ0) is 20.3. The number of nitrogens with zero attached hydrogens (tertiary/aromatic N) is 2. The molecule has 3 rings (SSSR count). The average molecular weight is 397 g/mol. The number of benzene rings is 2. The first-order valence-electron chi connectivity index (χ1n) is 8.49. The zero-order valence-corrected chi connectivity index (χ0v) is 15.8. The van der Waals surface area contributed by atoms with Gasteiger partial charge >= 0.3 is 6.03 Å². The van der Waals surface area contributed by atoms with Crippen LogP contribution in [0.3, 0.4) is 0 Å². The van der Waals surface area contributed by atoms with Crippen molar-refractivity contribution in [2.24, 2.45) is 0 Å². The van der Waals surface area contributed by atoms with Crippen molar-refractivity contribution in [1.29, 1.82) is 5.26 Å². The minimum atomic E-state index is -1.29. The van der Waals surface area contributed by atoms with E-state index >= 15 is 0 Å². The monoisotopic (exact) mass is 396 g/mol. The van der Waals surface area contributed by atoms with E-state index in [4.69, 9.17) is 16.9 Å². The SMILES string of the molecule is CC1(c2ccc(C#N)cc2)NC(=O)N(CC(=O)NCc2cccc(Cl)c2)C1=O. The molecule has 0 saturated carbocycles. The highest BCUT2D eigenvalue weighted by Crippen LogP contribution is 2.28. The van der Waals surface area contributed by atoms with E-state index < -0.39 is 29.9 Å². The van der Waals surface area contributed by atoms with Crippen LogP contribution in [0.5, 0.6) is 0 Å². The molecule has 1 aliphatic rings. The minimum absolute atomic E-state index is 0.232. The van der Waals surface area contributed by atoms with E-state index in [1.54, 1.807) is 49.4 Å². The molecule has 1 heterocycles. The van der Waals surface area contributed by atoms with Gasteiger partial charge in [-0.2, -0.15) is 5.26 Å². The summed E-state index contributed by atoms with van der Waals surface area (Å²) in [4.78, 5) is 38.2. The highest BCUT2D eigenvalue weighted by atomic mass is 35.5. The lowest BCUT2D eigenvalue weighted by molar-refractivity contribution is -0.134. The number of hydrogen-bond acceptors (Lipinski definition) is 4. The van der Waals surface area contributed by atoms with Crippen molar-refractivity contribution in [2.75, 3.05) is 6.54 Å². The summed E-state index contributed by atoms with van der Waals surface area (Å²) in [5, 5.41) is 14.7. The summed E-state index contributed by atoms with van der Waals surface area (Å²) >= 11 is 5.91. The fourth-order valence-corrected chi connectivity index (χ4v) is 3.17. The number of halogens is 1. The van der Waals surface area contributed by atoms with Crippen LogP contribution < -0.4 is 10.6 Å². The Hall–Kier alpha value is -3.37. The van der Waals surface area contributed by atoms with Crippen LogP contribution in [0.1, 0.15) is 23.6 Å². The van der Waals surface area contributed by atoms with Gasteiger partial charge in [0.05, 0.1) is 11.6 Å². The Bertz CT molecular complexity index is 984. The maximum absolute atomic E-state index is 12.8. The van der Waals surface area contributed by atoms with E-state index in [2.05, 4.69) is 10.6 Å². The smallest absolute Gasteiger partial charge is 0.325 e. The van der Waals surface area contributed by atoms with Gasteiger partial charge in [0.1, 0.15) is 12.1 Å². The van der Waals surface area contributed by atoms with Crippen LogP contribution in [0.4, 0.5) is 4.79 Å². The van der Waals surface area contributed by atoms with Gasteiger partial charge in [0, 0.05) is 11.6 Å². The first-order valence-corrected chi connectivity index (χ1v) is 8.87. The lowest BCUT2D eigenvalue weighted by Gasteiger charge is -2.22. The van der Waals surface area contributed by atoms with Crippen molar-refractivity contribution < 1.29 is 14.4 Å². The number of hydrogen-bond donors (Lipinski definition) is 2. The first-order chi connectivity index (χ1) is 13.3.